The summed E-state index contributed by atoms with van der Waals surface area (Å²) in [6.45, 7) is 5.92. The molecule has 0 spiro atoms. The Labute approximate surface area is 77.4 Å². The molecule has 69 valence electrons. The van der Waals surface area contributed by atoms with Gasteiger partial charge in [-0.05, 0) is 45.4 Å². The maximum absolute atomic E-state index is 3.75. The van der Waals surface area contributed by atoms with Crippen molar-refractivity contribution in [2.24, 2.45) is 0 Å². The zero-order valence-corrected chi connectivity index (χ0v) is 8.26. The number of unbranched alkanes of at least 4 members (excludes halogenated alkanes) is 3. The fraction of sp³-hybridized carbons (Fsp3) is 0.583. The Balaban J connectivity index is 3.00. The Bertz CT molecular complexity index is 104. The lowest BCUT2D eigenvalue weighted by Crippen LogP contribution is -1.72. The van der Waals surface area contributed by atoms with Gasteiger partial charge in [0.15, 0.2) is 0 Å². The van der Waals surface area contributed by atoms with E-state index in [2.05, 4.69) is 38.2 Å². The van der Waals surface area contributed by atoms with E-state index in [-0.39, 0.29) is 0 Å². The van der Waals surface area contributed by atoms with Crippen LogP contribution < -0.4 is 0 Å². The molecule has 0 aliphatic carbocycles. The van der Waals surface area contributed by atoms with Gasteiger partial charge in [-0.25, -0.2) is 0 Å². The van der Waals surface area contributed by atoms with Gasteiger partial charge in [0.25, 0.3) is 0 Å². The Morgan fingerprint density at radius 3 is 2.00 bits per heavy atom. The molecule has 0 rings (SSSR count). The molecule has 0 amide bonds. The van der Waals surface area contributed by atoms with E-state index in [1.54, 1.807) is 0 Å². The summed E-state index contributed by atoms with van der Waals surface area (Å²) in [6, 6.07) is 0. The van der Waals surface area contributed by atoms with E-state index in [1.165, 1.54) is 32.1 Å². The van der Waals surface area contributed by atoms with Crippen molar-refractivity contribution in [1.29, 1.82) is 0 Å². The van der Waals surface area contributed by atoms with Crippen LogP contribution in [0.25, 0.3) is 0 Å². The maximum atomic E-state index is 3.75. The topological polar surface area (TPSA) is 0 Å². The van der Waals surface area contributed by atoms with Crippen LogP contribution in [-0.4, -0.2) is 0 Å². The summed E-state index contributed by atoms with van der Waals surface area (Å²) in [5, 5.41) is 0. The van der Waals surface area contributed by atoms with Gasteiger partial charge in [0, 0.05) is 0 Å². The third-order valence-corrected chi connectivity index (χ3v) is 1.73. The van der Waals surface area contributed by atoms with Crippen molar-refractivity contribution in [1.82, 2.24) is 0 Å². The number of hydrogen-bond acceptors (Lipinski definition) is 0. The number of allylic oxidation sites excluding steroid dienone is 4. The van der Waals surface area contributed by atoms with Crippen LogP contribution in [-0.2, 0) is 0 Å². The molecule has 0 aromatic rings. The van der Waals surface area contributed by atoms with Crippen molar-refractivity contribution >= 4 is 0 Å². The second-order valence-corrected chi connectivity index (χ2v) is 2.92. The van der Waals surface area contributed by atoms with Crippen molar-refractivity contribution < 1.29 is 0 Å². The monoisotopic (exact) mass is 165 g/mol. The van der Waals surface area contributed by atoms with Crippen LogP contribution in [0.2, 0.25) is 0 Å². The van der Waals surface area contributed by atoms with Crippen molar-refractivity contribution in [3.63, 3.8) is 0 Å². The van der Waals surface area contributed by atoms with Gasteiger partial charge in [-0.1, -0.05) is 31.2 Å². The van der Waals surface area contributed by atoms with Crippen LogP contribution in [0, 0.1) is 6.92 Å². The van der Waals surface area contributed by atoms with E-state index < -0.39 is 0 Å². The minimum Gasteiger partial charge on any atom is -0.0888 e. The van der Waals surface area contributed by atoms with Crippen molar-refractivity contribution in [2.75, 3.05) is 0 Å². The van der Waals surface area contributed by atoms with E-state index in [0.29, 0.717) is 0 Å². The van der Waals surface area contributed by atoms with E-state index in [0.717, 1.165) is 6.42 Å². The third-order valence-electron chi connectivity index (χ3n) is 1.73. The molecule has 0 nitrogen and oxygen atoms in total. The van der Waals surface area contributed by atoms with Crippen LogP contribution in [0.15, 0.2) is 24.3 Å². The molecular formula is C12H21. The summed E-state index contributed by atoms with van der Waals surface area (Å²) in [5.74, 6) is 0. The highest BCUT2D eigenvalue weighted by atomic mass is 13.9. The highest BCUT2D eigenvalue weighted by Crippen LogP contribution is 2.02. The standard InChI is InChI=1S/C12H21/c1-3-5-7-9-11-12-10-8-6-4-2/h5-8H,1,3-4,9-12H2,2H3. The van der Waals surface area contributed by atoms with Gasteiger partial charge in [-0.15, -0.1) is 0 Å². The van der Waals surface area contributed by atoms with Gasteiger partial charge in [0.2, 0.25) is 0 Å². The Hall–Kier alpha value is -0.520. The predicted molar refractivity (Wildman–Crippen MR) is 57.0 cm³/mol. The molecule has 0 aliphatic rings. The van der Waals surface area contributed by atoms with Crippen LogP contribution in [0.3, 0.4) is 0 Å². The zero-order chi connectivity index (χ0) is 9.07. The summed E-state index contributed by atoms with van der Waals surface area (Å²) >= 11 is 0. The largest absolute Gasteiger partial charge is 0.0888 e. The first-order chi connectivity index (χ1) is 5.91. The number of hydrogen-bond donors (Lipinski definition) is 0. The third kappa shape index (κ3) is 9.48. The van der Waals surface area contributed by atoms with E-state index >= 15 is 0 Å². The SMILES string of the molecule is [CH2]CC=CCCCCC=CCC. The lowest BCUT2D eigenvalue weighted by atomic mass is 10.1. The Morgan fingerprint density at radius 2 is 1.50 bits per heavy atom. The fourth-order valence-corrected chi connectivity index (χ4v) is 1.04. The molecule has 0 unspecified atom stereocenters. The molecule has 0 heterocycles. The van der Waals surface area contributed by atoms with Crippen molar-refractivity contribution in [2.45, 2.75) is 45.4 Å². The molecule has 0 aromatic carbocycles. The highest BCUT2D eigenvalue weighted by Gasteiger charge is 1.82. The van der Waals surface area contributed by atoms with Crippen molar-refractivity contribution in [3.8, 4) is 0 Å². The smallest absolute Gasteiger partial charge is 0.0351 e. The molecule has 0 heteroatoms. The quantitative estimate of drug-likeness (QED) is 0.390. The van der Waals surface area contributed by atoms with Gasteiger partial charge in [0.05, 0.1) is 0 Å². The lowest BCUT2D eigenvalue weighted by molar-refractivity contribution is 0.760. The first-order valence-electron chi connectivity index (χ1n) is 5.01. The predicted octanol–water partition coefficient (Wildman–Crippen LogP) is 4.29. The molecule has 0 N–H and O–H groups in total. The van der Waals surface area contributed by atoms with Crippen LogP contribution in [0.5, 0.6) is 0 Å². The first kappa shape index (κ1) is 11.5. The van der Waals surface area contributed by atoms with Gasteiger partial charge in [0.1, 0.15) is 0 Å². The maximum Gasteiger partial charge on any atom is -0.0351 e. The highest BCUT2D eigenvalue weighted by molar-refractivity contribution is 4.83. The normalized spacial score (nSPS) is 11.8. The molecule has 0 saturated heterocycles. The molecule has 0 saturated carbocycles. The average Bonchev–Trinajstić information content (AvgIpc) is 2.10. The van der Waals surface area contributed by atoms with Gasteiger partial charge in [-0.2, -0.15) is 0 Å². The average molecular weight is 165 g/mol. The lowest BCUT2D eigenvalue weighted by Gasteiger charge is -1.92. The molecule has 1 radical (unpaired) electrons. The molecule has 0 fully saturated rings. The van der Waals surface area contributed by atoms with Crippen molar-refractivity contribution in [3.05, 3.63) is 31.2 Å². The Kier molecular flexibility index (Phi) is 10.0. The second-order valence-electron chi connectivity index (χ2n) is 2.92. The summed E-state index contributed by atoms with van der Waals surface area (Å²) in [4.78, 5) is 0. The molecule has 0 atom stereocenters. The Morgan fingerprint density at radius 1 is 0.917 bits per heavy atom. The molecule has 0 aliphatic heterocycles. The van der Waals surface area contributed by atoms with E-state index in [1.807, 2.05) is 0 Å². The zero-order valence-electron chi connectivity index (χ0n) is 8.26. The minimum atomic E-state index is 0.926. The second kappa shape index (κ2) is 10.5. The summed E-state index contributed by atoms with van der Waals surface area (Å²) in [7, 11) is 0. The van der Waals surface area contributed by atoms with E-state index in [4.69, 9.17) is 0 Å². The van der Waals surface area contributed by atoms with Gasteiger partial charge >= 0.3 is 0 Å². The minimum absolute atomic E-state index is 0.926. The van der Waals surface area contributed by atoms with Gasteiger partial charge in [-0.3, -0.25) is 0 Å². The summed E-state index contributed by atoms with van der Waals surface area (Å²) < 4.78 is 0. The number of rotatable bonds is 7. The van der Waals surface area contributed by atoms with Crippen LogP contribution in [0.1, 0.15) is 45.4 Å². The molecule has 12 heavy (non-hydrogen) atoms. The van der Waals surface area contributed by atoms with Gasteiger partial charge < -0.3 is 0 Å². The summed E-state index contributed by atoms with van der Waals surface area (Å²) in [5.41, 5.74) is 0. The molecule has 0 aromatic heterocycles. The summed E-state index contributed by atoms with van der Waals surface area (Å²) in [6.07, 6.45) is 16.1. The molecule has 0 bridgehead atoms. The fourth-order valence-electron chi connectivity index (χ4n) is 1.04. The van der Waals surface area contributed by atoms with Crippen LogP contribution >= 0.6 is 0 Å². The molecular weight excluding hydrogens is 144 g/mol. The first-order valence-corrected chi connectivity index (χ1v) is 5.01. The van der Waals surface area contributed by atoms with E-state index in [9.17, 15) is 0 Å². The van der Waals surface area contributed by atoms with Crippen LogP contribution in [0.4, 0.5) is 0 Å².